The predicted molar refractivity (Wildman–Crippen MR) is 33.2 cm³/mol. The molecule has 1 atom stereocenters. The first-order chi connectivity index (χ1) is 4.72. The Kier molecular flexibility index (Phi) is 2.08. The van der Waals surface area contributed by atoms with E-state index in [9.17, 15) is 8.60 Å². The van der Waals surface area contributed by atoms with Gasteiger partial charge >= 0.3 is 0 Å². The molecule has 0 aliphatic rings. The van der Waals surface area contributed by atoms with Gasteiger partial charge in [-0.15, -0.1) is 0 Å². The molecule has 0 aromatic carbocycles. The molecule has 1 N–H and O–H groups in total. The lowest BCUT2D eigenvalue weighted by atomic mass is 10.5. The van der Waals surface area contributed by atoms with Crippen molar-refractivity contribution < 1.29 is 13.2 Å². The SMILES string of the molecule is O=S(O)c1cccnc1F. The standard InChI is InChI=1S/C5H4FNO2S/c6-5-4(10(8)9)2-1-3-7-5/h1-3H,(H,8,9). The van der Waals surface area contributed by atoms with Crippen LogP contribution in [0.2, 0.25) is 0 Å². The number of rotatable bonds is 1. The lowest BCUT2D eigenvalue weighted by Crippen LogP contribution is -1.94. The summed E-state index contributed by atoms with van der Waals surface area (Å²) >= 11 is -2.28. The van der Waals surface area contributed by atoms with E-state index in [-0.39, 0.29) is 4.90 Å². The average Bonchev–Trinajstić information content (AvgIpc) is 1.88. The van der Waals surface area contributed by atoms with E-state index in [4.69, 9.17) is 4.55 Å². The zero-order valence-electron chi connectivity index (χ0n) is 4.82. The van der Waals surface area contributed by atoms with Gasteiger partial charge in [0.25, 0.3) is 0 Å². The van der Waals surface area contributed by atoms with E-state index in [1.54, 1.807) is 0 Å². The highest BCUT2D eigenvalue weighted by molar-refractivity contribution is 7.79. The van der Waals surface area contributed by atoms with Crippen molar-refractivity contribution in [2.75, 3.05) is 0 Å². The molecule has 0 bridgehead atoms. The van der Waals surface area contributed by atoms with Crippen molar-refractivity contribution in [3.05, 3.63) is 24.3 Å². The first-order valence-corrected chi connectivity index (χ1v) is 3.54. The molecule has 3 nitrogen and oxygen atoms in total. The van der Waals surface area contributed by atoms with Crippen molar-refractivity contribution in [2.45, 2.75) is 4.90 Å². The van der Waals surface area contributed by atoms with Gasteiger partial charge in [-0.05, 0) is 12.1 Å². The van der Waals surface area contributed by atoms with E-state index in [2.05, 4.69) is 4.98 Å². The van der Waals surface area contributed by atoms with Crippen LogP contribution >= 0.6 is 0 Å². The summed E-state index contributed by atoms with van der Waals surface area (Å²) in [4.78, 5) is 2.89. The van der Waals surface area contributed by atoms with Gasteiger partial charge < -0.3 is 4.55 Å². The highest BCUT2D eigenvalue weighted by atomic mass is 32.2. The van der Waals surface area contributed by atoms with Crippen LogP contribution < -0.4 is 0 Å². The zero-order chi connectivity index (χ0) is 7.56. The Morgan fingerprint density at radius 2 is 2.40 bits per heavy atom. The van der Waals surface area contributed by atoms with E-state index in [1.807, 2.05) is 0 Å². The molecule has 54 valence electrons. The Labute approximate surface area is 59.2 Å². The van der Waals surface area contributed by atoms with Crippen molar-refractivity contribution in [3.8, 4) is 0 Å². The fourth-order valence-corrected chi connectivity index (χ4v) is 0.893. The van der Waals surface area contributed by atoms with Crippen LogP contribution in [0.25, 0.3) is 0 Å². The van der Waals surface area contributed by atoms with Gasteiger partial charge in [-0.25, -0.2) is 9.19 Å². The summed E-state index contributed by atoms with van der Waals surface area (Å²) in [6.45, 7) is 0. The van der Waals surface area contributed by atoms with Gasteiger partial charge in [0.15, 0.2) is 11.1 Å². The van der Waals surface area contributed by atoms with E-state index in [1.165, 1.54) is 18.3 Å². The third kappa shape index (κ3) is 1.37. The minimum atomic E-state index is -2.28. The Bertz CT molecular complexity index is 266. The number of nitrogens with zero attached hydrogens (tertiary/aromatic N) is 1. The van der Waals surface area contributed by atoms with Crippen LogP contribution in [0, 0.1) is 5.95 Å². The zero-order valence-corrected chi connectivity index (χ0v) is 5.64. The molecule has 1 heterocycles. The third-order valence-electron chi connectivity index (χ3n) is 0.913. The van der Waals surface area contributed by atoms with Gasteiger partial charge in [0.05, 0.1) is 0 Å². The monoisotopic (exact) mass is 161 g/mol. The highest BCUT2D eigenvalue weighted by Crippen LogP contribution is 2.05. The number of hydrogen-bond donors (Lipinski definition) is 1. The number of pyridine rings is 1. The summed E-state index contributed by atoms with van der Waals surface area (Å²) in [6.07, 6.45) is 1.21. The molecule has 0 saturated heterocycles. The topological polar surface area (TPSA) is 50.2 Å². The Hall–Kier alpha value is -0.810. The molecule has 1 rings (SSSR count). The predicted octanol–water partition coefficient (Wildman–Crippen LogP) is 0.801. The molecule has 1 unspecified atom stereocenters. The summed E-state index contributed by atoms with van der Waals surface area (Å²) < 4.78 is 31.0. The van der Waals surface area contributed by atoms with E-state index in [0.29, 0.717) is 0 Å². The molecule has 10 heavy (non-hydrogen) atoms. The molecular formula is C5H4FNO2S. The van der Waals surface area contributed by atoms with E-state index >= 15 is 0 Å². The summed E-state index contributed by atoms with van der Waals surface area (Å²) in [5, 5.41) is 0. The van der Waals surface area contributed by atoms with Crippen molar-refractivity contribution in [2.24, 2.45) is 0 Å². The maximum absolute atomic E-state index is 12.4. The normalized spacial score (nSPS) is 13.0. The first kappa shape index (κ1) is 7.30. The van der Waals surface area contributed by atoms with Gasteiger partial charge in [-0.2, -0.15) is 4.39 Å². The number of aromatic nitrogens is 1. The second-order valence-corrected chi connectivity index (χ2v) is 2.48. The van der Waals surface area contributed by atoms with E-state index in [0.717, 1.165) is 0 Å². The summed E-state index contributed by atoms with van der Waals surface area (Å²) in [6, 6.07) is 2.60. The molecule has 0 spiro atoms. The Morgan fingerprint density at radius 3 is 2.80 bits per heavy atom. The van der Waals surface area contributed by atoms with Crippen LogP contribution in [0.3, 0.4) is 0 Å². The minimum absolute atomic E-state index is 0.289. The van der Waals surface area contributed by atoms with Gasteiger partial charge in [0.2, 0.25) is 5.95 Å². The van der Waals surface area contributed by atoms with Gasteiger partial charge in [-0.3, -0.25) is 0 Å². The first-order valence-electron chi connectivity index (χ1n) is 2.43. The van der Waals surface area contributed by atoms with Crippen molar-refractivity contribution in [1.82, 2.24) is 4.98 Å². The molecule has 0 amide bonds. The van der Waals surface area contributed by atoms with Gasteiger partial charge in [0.1, 0.15) is 4.90 Å². The van der Waals surface area contributed by atoms with E-state index < -0.39 is 17.0 Å². The summed E-state index contributed by atoms with van der Waals surface area (Å²) in [7, 11) is 0. The summed E-state index contributed by atoms with van der Waals surface area (Å²) in [5.74, 6) is -0.900. The fourth-order valence-electron chi connectivity index (χ4n) is 0.502. The second kappa shape index (κ2) is 2.85. The molecule has 5 heteroatoms. The van der Waals surface area contributed by atoms with Crippen LogP contribution in [0.4, 0.5) is 4.39 Å². The number of halogens is 1. The average molecular weight is 161 g/mol. The fraction of sp³-hybridized carbons (Fsp3) is 0. The van der Waals surface area contributed by atoms with Crippen LogP contribution in [-0.2, 0) is 11.1 Å². The largest absolute Gasteiger partial charge is 0.302 e. The Balaban J connectivity index is 3.15. The molecule has 0 aliphatic carbocycles. The Morgan fingerprint density at radius 1 is 1.70 bits per heavy atom. The molecule has 0 saturated carbocycles. The van der Waals surface area contributed by atoms with Crippen LogP contribution in [0.1, 0.15) is 0 Å². The van der Waals surface area contributed by atoms with Crippen molar-refractivity contribution >= 4 is 11.1 Å². The van der Waals surface area contributed by atoms with Crippen LogP contribution in [0.5, 0.6) is 0 Å². The highest BCUT2D eigenvalue weighted by Gasteiger charge is 2.05. The second-order valence-electron chi connectivity index (χ2n) is 1.54. The van der Waals surface area contributed by atoms with Gasteiger partial charge in [0, 0.05) is 6.20 Å². The smallest absolute Gasteiger partial charge is 0.231 e. The van der Waals surface area contributed by atoms with Gasteiger partial charge in [-0.1, -0.05) is 0 Å². The van der Waals surface area contributed by atoms with Crippen molar-refractivity contribution in [1.29, 1.82) is 0 Å². The van der Waals surface area contributed by atoms with Crippen LogP contribution in [0.15, 0.2) is 23.2 Å². The van der Waals surface area contributed by atoms with Crippen LogP contribution in [-0.4, -0.2) is 13.7 Å². The molecule has 0 radical (unpaired) electrons. The maximum Gasteiger partial charge on any atom is 0.231 e. The lowest BCUT2D eigenvalue weighted by Gasteiger charge is -1.92. The molecule has 0 aliphatic heterocycles. The molecular weight excluding hydrogens is 157 g/mol. The maximum atomic E-state index is 12.4. The quantitative estimate of drug-likeness (QED) is 0.489. The molecule has 1 aromatic rings. The number of hydrogen-bond acceptors (Lipinski definition) is 2. The lowest BCUT2D eigenvalue weighted by molar-refractivity contribution is 0.525. The third-order valence-corrected chi connectivity index (χ3v) is 1.59. The molecule has 0 fully saturated rings. The summed E-state index contributed by atoms with van der Waals surface area (Å²) in [5.41, 5.74) is 0. The van der Waals surface area contributed by atoms with Crippen molar-refractivity contribution in [3.63, 3.8) is 0 Å². The minimum Gasteiger partial charge on any atom is -0.302 e. The molecule has 1 aromatic heterocycles.